The second-order valence-electron chi connectivity index (χ2n) is 10.3. The van der Waals surface area contributed by atoms with E-state index < -0.39 is 40.9 Å². The van der Waals surface area contributed by atoms with E-state index in [1.54, 1.807) is 26.8 Å². The molecule has 0 saturated carbocycles. The van der Waals surface area contributed by atoms with E-state index in [1.165, 1.54) is 26.0 Å². The average Bonchev–Trinajstić information content (AvgIpc) is 2.80. The van der Waals surface area contributed by atoms with Gasteiger partial charge in [0.25, 0.3) is 0 Å². The molecule has 0 fully saturated rings. The molecule has 10 heteroatoms. The van der Waals surface area contributed by atoms with Crippen molar-refractivity contribution in [1.82, 2.24) is 0 Å². The van der Waals surface area contributed by atoms with Crippen LogP contribution in [-0.4, -0.2) is 35.4 Å². The van der Waals surface area contributed by atoms with Gasteiger partial charge in [0.1, 0.15) is 23.0 Å². The molecule has 3 aromatic carbocycles. The second kappa shape index (κ2) is 8.84. The van der Waals surface area contributed by atoms with Gasteiger partial charge >= 0.3 is 23.9 Å². The monoisotopic (exact) mass is 544 g/mol. The highest BCUT2D eigenvalue weighted by Gasteiger charge is 2.48. The van der Waals surface area contributed by atoms with Crippen LogP contribution in [-0.2, 0) is 24.6 Å². The Balaban J connectivity index is 2.10. The zero-order valence-corrected chi connectivity index (χ0v) is 22.8. The molecule has 0 atom stereocenters. The summed E-state index contributed by atoms with van der Waals surface area (Å²) in [5.74, 6) is -4.30. The van der Waals surface area contributed by atoms with E-state index in [-0.39, 0.29) is 50.6 Å². The molecule has 2 aliphatic rings. The number of hydrogen-bond donors (Lipinski definition) is 0. The first kappa shape index (κ1) is 26.7. The first-order valence-electron chi connectivity index (χ1n) is 12.3. The van der Waals surface area contributed by atoms with E-state index in [1.807, 2.05) is 0 Å². The van der Waals surface area contributed by atoms with E-state index in [2.05, 4.69) is 0 Å². The Morgan fingerprint density at radius 2 is 1.05 bits per heavy atom. The SMILES string of the molecule is CC(=O)Oc1cc(OC(C)=O)c2c3c1C(=O)c1c(OC(C)=O)cc(C)c4c(OC(C)=O)cc(c-3c14)C(C)(C)C2=O. The van der Waals surface area contributed by atoms with Crippen LogP contribution in [0.1, 0.15) is 78.9 Å². The zero-order valence-electron chi connectivity index (χ0n) is 22.8. The number of esters is 4. The van der Waals surface area contributed by atoms with Gasteiger partial charge in [-0.15, -0.1) is 0 Å². The normalized spacial score (nSPS) is 14.1. The number of carbonyl (C=O) groups excluding carboxylic acids is 6. The molecule has 0 saturated heterocycles. The smallest absolute Gasteiger partial charge is 0.308 e. The van der Waals surface area contributed by atoms with E-state index in [9.17, 15) is 28.8 Å². The molecule has 0 aromatic heterocycles. The fraction of sp³-hybridized carbons (Fsp3) is 0.267. The van der Waals surface area contributed by atoms with Crippen LogP contribution < -0.4 is 18.9 Å². The predicted octanol–water partition coefficient (Wildman–Crippen LogP) is 4.53. The summed E-state index contributed by atoms with van der Waals surface area (Å²) in [4.78, 5) is 76.7. The number of carbonyl (C=O) groups is 6. The molecule has 0 radical (unpaired) electrons. The summed E-state index contributed by atoms with van der Waals surface area (Å²) in [5.41, 5.74) is 0.0178. The lowest BCUT2D eigenvalue weighted by atomic mass is 9.64. The van der Waals surface area contributed by atoms with E-state index in [4.69, 9.17) is 18.9 Å². The van der Waals surface area contributed by atoms with Crippen molar-refractivity contribution in [3.05, 3.63) is 46.0 Å². The minimum absolute atomic E-state index is 0.0294. The van der Waals surface area contributed by atoms with Crippen LogP contribution in [0.3, 0.4) is 0 Å². The number of ketones is 2. The van der Waals surface area contributed by atoms with Crippen LogP contribution in [0.15, 0.2) is 18.2 Å². The molecule has 0 aliphatic heterocycles. The van der Waals surface area contributed by atoms with Crippen LogP contribution in [0.4, 0.5) is 0 Å². The number of hydrogen-bond acceptors (Lipinski definition) is 10. The van der Waals surface area contributed by atoms with Crippen molar-refractivity contribution in [2.75, 3.05) is 0 Å². The van der Waals surface area contributed by atoms with Crippen molar-refractivity contribution < 1.29 is 47.7 Å². The quantitative estimate of drug-likeness (QED) is 0.266. The third-order valence-electron chi connectivity index (χ3n) is 6.97. The number of Topliss-reactive ketones (excluding diaryl/α,β-unsaturated/α-hetero) is 1. The molecule has 0 amide bonds. The number of rotatable bonds is 4. The minimum atomic E-state index is -1.26. The highest BCUT2D eigenvalue weighted by atomic mass is 16.6. The molecule has 10 nitrogen and oxygen atoms in total. The summed E-state index contributed by atoms with van der Waals surface area (Å²) >= 11 is 0. The van der Waals surface area contributed by atoms with E-state index in [0.29, 0.717) is 22.1 Å². The number of benzene rings is 3. The molecule has 204 valence electrons. The van der Waals surface area contributed by atoms with Crippen LogP contribution >= 0.6 is 0 Å². The molecule has 0 N–H and O–H groups in total. The first-order chi connectivity index (χ1) is 18.6. The fourth-order valence-electron chi connectivity index (χ4n) is 5.58. The number of aryl methyl sites for hydroxylation is 1. The molecular weight excluding hydrogens is 520 g/mol. The van der Waals surface area contributed by atoms with Crippen LogP contribution in [0, 0.1) is 6.92 Å². The maximum atomic E-state index is 14.3. The van der Waals surface area contributed by atoms with Crippen molar-refractivity contribution in [3.8, 4) is 34.1 Å². The number of ether oxygens (including phenoxy) is 4. The summed E-state index contributed by atoms with van der Waals surface area (Å²) in [6, 6.07) is 4.23. The van der Waals surface area contributed by atoms with Gasteiger partial charge in [0.05, 0.1) is 22.1 Å². The lowest BCUT2D eigenvalue weighted by Gasteiger charge is -2.38. The van der Waals surface area contributed by atoms with E-state index >= 15 is 0 Å². The minimum Gasteiger partial charge on any atom is -0.426 e. The Labute approximate surface area is 228 Å². The third kappa shape index (κ3) is 3.78. The lowest BCUT2D eigenvalue weighted by molar-refractivity contribution is -0.133. The van der Waals surface area contributed by atoms with Gasteiger partial charge in [-0.05, 0) is 49.6 Å². The molecule has 0 spiro atoms. The molecule has 5 rings (SSSR count). The first-order valence-corrected chi connectivity index (χ1v) is 12.3. The van der Waals surface area contributed by atoms with Gasteiger partial charge in [0.15, 0.2) is 5.78 Å². The Hall–Kier alpha value is -4.86. The van der Waals surface area contributed by atoms with Gasteiger partial charge in [0, 0.05) is 50.1 Å². The van der Waals surface area contributed by atoms with Crippen molar-refractivity contribution in [2.24, 2.45) is 0 Å². The van der Waals surface area contributed by atoms with Crippen molar-refractivity contribution in [1.29, 1.82) is 0 Å². The van der Waals surface area contributed by atoms with Crippen molar-refractivity contribution in [3.63, 3.8) is 0 Å². The van der Waals surface area contributed by atoms with Gasteiger partial charge in [-0.1, -0.05) is 0 Å². The molecular formula is C30H24O10. The maximum absolute atomic E-state index is 14.3. The molecule has 0 bridgehead atoms. The summed E-state index contributed by atoms with van der Waals surface area (Å²) in [7, 11) is 0. The average molecular weight is 545 g/mol. The second-order valence-corrected chi connectivity index (χ2v) is 10.3. The maximum Gasteiger partial charge on any atom is 0.308 e. The van der Waals surface area contributed by atoms with E-state index in [0.717, 1.165) is 13.8 Å². The van der Waals surface area contributed by atoms with Crippen molar-refractivity contribution >= 4 is 46.2 Å². The van der Waals surface area contributed by atoms with Gasteiger partial charge in [-0.2, -0.15) is 0 Å². The zero-order chi connectivity index (χ0) is 29.4. The predicted molar refractivity (Wildman–Crippen MR) is 140 cm³/mol. The molecule has 2 aliphatic carbocycles. The summed E-state index contributed by atoms with van der Waals surface area (Å²) in [6.07, 6.45) is 0. The van der Waals surface area contributed by atoms with Crippen molar-refractivity contribution in [2.45, 2.75) is 53.9 Å². The molecule has 40 heavy (non-hydrogen) atoms. The van der Waals surface area contributed by atoms with Crippen LogP contribution in [0.2, 0.25) is 0 Å². The molecule has 3 aromatic rings. The van der Waals surface area contributed by atoms with Gasteiger partial charge in [0.2, 0.25) is 5.78 Å². The summed E-state index contributed by atoms with van der Waals surface area (Å²) in [6.45, 7) is 9.72. The van der Waals surface area contributed by atoms with Crippen LogP contribution in [0.25, 0.3) is 21.9 Å². The Morgan fingerprint density at radius 3 is 1.57 bits per heavy atom. The highest BCUT2D eigenvalue weighted by Crippen LogP contribution is 2.58. The Kier molecular flexibility index (Phi) is 5.91. The Morgan fingerprint density at radius 1 is 0.575 bits per heavy atom. The van der Waals surface area contributed by atoms with Crippen LogP contribution in [0.5, 0.6) is 23.0 Å². The standard InChI is InChI=1S/C30H24O10/c1-11-8-17(37-12(2)31)23-26-21(11)18(38-13(3)32)9-16-22(26)27-24(28(23)35)19(39-14(4)33)10-20(40-15(5)34)25(27)29(36)30(16,6)7/h8-10H,1-7H3. The third-order valence-corrected chi connectivity index (χ3v) is 6.97. The molecule has 0 heterocycles. The largest absolute Gasteiger partial charge is 0.426 e. The summed E-state index contributed by atoms with van der Waals surface area (Å²) < 4.78 is 21.9. The Bertz CT molecular complexity index is 1770. The van der Waals surface area contributed by atoms with Gasteiger partial charge in [-0.3, -0.25) is 28.8 Å². The topological polar surface area (TPSA) is 139 Å². The molecule has 0 unspecified atom stereocenters. The van der Waals surface area contributed by atoms with Gasteiger partial charge < -0.3 is 18.9 Å². The fourth-order valence-corrected chi connectivity index (χ4v) is 5.58. The summed E-state index contributed by atoms with van der Waals surface area (Å²) in [5, 5.41) is 0.681. The highest BCUT2D eigenvalue weighted by molar-refractivity contribution is 6.34. The lowest BCUT2D eigenvalue weighted by Crippen LogP contribution is -2.36. The van der Waals surface area contributed by atoms with Gasteiger partial charge in [-0.25, -0.2) is 0 Å².